The van der Waals surface area contributed by atoms with E-state index in [2.05, 4.69) is 21.7 Å². The van der Waals surface area contributed by atoms with Crippen LogP contribution in [0.5, 0.6) is 5.75 Å². The maximum Gasteiger partial charge on any atom is 0.387 e. The molecule has 30 heavy (non-hydrogen) atoms. The van der Waals surface area contributed by atoms with E-state index < -0.39 is 22.9 Å². The molecular formula is C21H19F2N3O3S. The zero-order chi connectivity index (χ0) is 21.5. The molecular weight excluding hydrogens is 412 g/mol. The van der Waals surface area contributed by atoms with Crippen LogP contribution in [0.4, 0.5) is 8.78 Å². The number of ether oxygens (including phenoxy) is 1. The molecule has 0 saturated carbocycles. The molecule has 2 heterocycles. The number of fused-ring (bicyclic) bond motifs is 1. The van der Waals surface area contributed by atoms with Crippen molar-refractivity contribution >= 4 is 33.7 Å². The molecule has 1 amide bonds. The first kappa shape index (κ1) is 20.2. The third kappa shape index (κ3) is 3.85. The van der Waals surface area contributed by atoms with Crippen molar-refractivity contribution < 1.29 is 22.5 Å². The molecule has 0 spiro atoms. The van der Waals surface area contributed by atoms with Gasteiger partial charge in [0, 0.05) is 39.3 Å². The average Bonchev–Trinajstić information content (AvgIpc) is 3.04. The van der Waals surface area contributed by atoms with Gasteiger partial charge in [-0.25, -0.2) is 4.68 Å². The van der Waals surface area contributed by atoms with Crippen molar-refractivity contribution in [2.45, 2.75) is 19.1 Å². The van der Waals surface area contributed by atoms with E-state index in [0.29, 0.717) is 39.4 Å². The molecule has 9 heteroatoms. The number of benzene rings is 2. The zero-order valence-electron chi connectivity index (χ0n) is 16.1. The topological polar surface area (TPSA) is 73.2 Å². The third-order valence-electron chi connectivity index (χ3n) is 4.83. The van der Waals surface area contributed by atoms with Crippen LogP contribution in [-0.4, -0.2) is 43.6 Å². The van der Waals surface area contributed by atoms with E-state index >= 15 is 0 Å². The molecule has 0 bridgehead atoms. The highest BCUT2D eigenvalue weighted by atomic mass is 32.2. The van der Waals surface area contributed by atoms with Crippen molar-refractivity contribution in [2.24, 2.45) is 0 Å². The second-order valence-corrected chi connectivity index (χ2v) is 8.81. The normalized spacial score (nSPS) is 20.7. The molecule has 1 aromatic heterocycles. The van der Waals surface area contributed by atoms with Gasteiger partial charge in [0.15, 0.2) is 0 Å². The van der Waals surface area contributed by atoms with Gasteiger partial charge in [-0.05, 0) is 43.3 Å². The van der Waals surface area contributed by atoms with Gasteiger partial charge in [0.1, 0.15) is 5.75 Å². The van der Waals surface area contributed by atoms with Crippen molar-refractivity contribution in [1.82, 2.24) is 15.1 Å². The Morgan fingerprint density at radius 2 is 2.10 bits per heavy atom. The average molecular weight is 431 g/mol. The second kappa shape index (κ2) is 7.64. The molecule has 1 aliphatic heterocycles. The largest absolute Gasteiger partial charge is 0.435 e. The summed E-state index contributed by atoms with van der Waals surface area (Å²) in [4.78, 5) is 12.7. The first-order valence-electron chi connectivity index (χ1n) is 9.16. The molecule has 6 nitrogen and oxygen atoms in total. The van der Waals surface area contributed by atoms with Gasteiger partial charge in [0.25, 0.3) is 5.91 Å². The lowest BCUT2D eigenvalue weighted by molar-refractivity contribution is -0.0498. The number of hydrogen-bond donors (Lipinski definition) is 1. The Balaban J connectivity index is 1.70. The summed E-state index contributed by atoms with van der Waals surface area (Å²) >= 11 is 0. The first-order chi connectivity index (χ1) is 14.3. The van der Waals surface area contributed by atoms with E-state index in [9.17, 15) is 17.8 Å². The molecule has 1 aliphatic rings. The summed E-state index contributed by atoms with van der Waals surface area (Å²) in [7, 11) is -0.884. The summed E-state index contributed by atoms with van der Waals surface area (Å²) < 4.78 is 42.5. The minimum absolute atomic E-state index is 0.0217. The van der Waals surface area contributed by atoms with E-state index in [-0.39, 0.29) is 11.7 Å². The molecule has 1 fully saturated rings. The van der Waals surface area contributed by atoms with Gasteiger partial charge in [-0.15, -0.1) is 0 Å². The maximum atomic E-state index is 12.7. The highest BCUT2D eigenvalue weighted by Crippen LogP contribution is 2.27. The molecule has 0 unspecified atom stereocenters. The second-order valence-electron chi connectivity index (χ2n) is 7.35. The minimum atomic E-state index is -2.92. The van der Waals surface area contributed by atoms with Crippen molar-refractivity contribution in [3.8, 4) is 11.4 Å². The number of nitrogens with zero attached hydrogens (tertiary/aromatic N) is 2. The fraction of sp³-hybridized carbons (Fsp3) is 0.238. The number of amides is 1. The van der Waals surface area contributed by atoms with Crippen molar-refractivity contribution in [3.05, 3.63) is 60.3 Å². The molecule has 0 aliphatic carbocycles. The third-order valence-corrected chi connectivity index (χ3v) is 6.74. The van der Waals surface area contributed by atoms with Crippen molar-refractivity contribution in [2.75, 3.05) is 11.5 Å². The van der Waals surface area contributed by atoms with E-state index in [4.69, 9.17) is 0 Å². The van der Waals surface area contributed by atoms with Crippen LogP contribution in [0.3, 0.4) is 0 Å². The Labute approximate surface area is 174 Å². The molecule has 3 aromatic rings. The zero-order valence-corrected chi connectivity index (χ0v) is 16.9. The number of carbonyl (C=O) groups excluding carboxylic acids is 1. The van der Waals surface area contributed by atoms with Crippen LogP contribution in [0.1, 0.15) is 23.0 Å². The van der Waals surface area contributed by atoms with Gasteiger partial charge in [-0.1, -0.05) is 12.6 Å². The van der Waals surface area contributed by atoms with Crippen molar-refractivity contribution in [1.29, 1.82) is 0 Å². The van der Waals surface area contributed by atoms with Crippen LogP contribution < -0.4 is 10.1 Å². The summed E-state index contributed by atoms with van der Waals surface area (Å²) in [6.45, 7) is 2.72. The smallest absolute Gasteiger partial charge is 0.387 e. The molecule has 4 rings (SSSR count). The number of aromatic nitrogens is 2. The number of hydrogen-bond acceptors (Lipinski definition) is 4. The Morgan fingerprint density at radius 1 is 1.33 bits per heavy atom. The van der Waals surface area contributed by atoms with E-state index in [1.54, 1.807) is 41.1 Å². The summed E-state index contributed by atoms with van der Waals surface area (Å²) in [5, 5.41) is 8.12. The minimum Gasteiger partial charge on any atom is -0.435 e. The fourth-order valence-electron chi connectivity index (χ4n) is 3.51. The monoisotopic (exact) mass is 431 g/mol. The van der Waals surface area contributed by atoms with Gasteiger partial charge < -0.3 is 10.1 Å². The van der Waals surface area contributed by atoms with Crippen LogP contribution in [0.2, 0.25) is 0 Å². The van der Waals surface area contributed by atoms with Gasteiger partial charge in [0.05, 0.1) is 22.4 Å². The number of rotatable bonds is 6. The van der Waals surface area contributed by atoms with Crippen LogP contribution in [0.25, 0.3) is 22.7 Å². The maximum absolute atomic E-state index is 12.7. The summed E-state index contributed by atoms with van der Waals surface area (Å²) in [5.41, 5.74) is 1.75. The Bertz CT molecular complexity index is 1170. The predicted octanol–water partition coefficient (Wildman–Crippen LogP) is 3.52. The molecule has 156 valence electrons. The Hall–Kier alpha value is -3.07. The van der Waals surface area contributed by atoms with Crippen LogP contribution >= 0.6 is 0 Å². The SMILES string of the molecule is C=Cc1nn(-c2cccc(OC(F)F)c2)c2ccc(C(=O)NC3(C)CS(=O)C3)cc12. The Kier molecular flexibility index (Phi) is 5.15. The number of alkyl halides is 2. The van der Waals surface area contributed by atoms with Crippen LogP contribution in [0.15, 0.2) is 49.0 Å². The molecule has 0 atom stereocenters. The standard InChI is InChI=1S/C21H19F2N3O3S/c1-3-17-16-9-13(19(27)24-21(2)11-30(28)12-21)7-8-18(16)26(25-17)14-5-4-6-15(10-14)29-20(22)23/h3-10,20H,1,11-12H2,2H3,(H,24,27). The van der Waals surface area contributed by atoms with Gasteiger partial charge in [-0.2, -0.15) is 13.9 Å². The Morgan fingerprint density at radius 3 is 2.77 bits per heavy atom. The number of halogens is 2. The van der Waals surface area contributed by atoms with Crippen LogP contribution in [0, 0.1) is 0 Å². The predicted molar refractivity (Wildman–Crippen MR) is 112 cm³/mol. The van der Waals surface area contributed by atoms with Gasteiger partial charge in [0.2, 0.25) is 0 Å². The van der Waals surface area contributed by atoms with E-state index in [1.165, 1.54) is 12.1 Å². The molecule has 1 N–H and O–H groups in total. The quantitative estimate of drug-likeness (QED) is 0.648. The summed E-state index contributed by atoms with van der Waals surface area (Å²) in [6.07, 6.45) is 1.57. The van der Waals surface area contributed by atoms with Crippen LogP contribution in [-0.2, 0) is 10.8 Å². The fourth-order valence-corrected chi connectivity index (χ4v) is 4.99. The summed E-state index contributed by atoms with van der Waals surface area (Å²) in [5.74, 6) is 0.640. The van der Waals surface area contributed by atoms with Crippen molar-refractivity contribution in [3.63, 3.8) is 0 Å². The lowest BCUT2D eigenvalue weighted by Gasteiger charge is -2.37. The van der Waals surface area contributed by atoms with E-state index in [1.807, 2.05) is 6.92 Å². The van der Waals surface area contributed by atoms with Gasteiger partial charge in [-0.3, -0.25) is 9.00 Å². The number of nitrogens with one attached hydrogen (secondary N) is 1. The lowest BCUT2D eigenvalue weighted by Crippen LogP contribution is -2.61. The van der Waals surface area contributed by atoms with Gasteiger partial charge >= 0.3 is 6.61 Å². The molecule has 0 radical (unpaired) electrons. The summed E-state index contributed by atoms with van der Waals surface area (Å²) in [6, 6.07) is 11.3. The highest BCUT2D eigenvalue weighted by molar-refractivity contribution is 7.86. The highest BCUT2D eigenvalue weighted by Gasteiger charge is 2.39. The number of carbonyl (C=O) groups is 1. The molecule has 1 saturated heterocycles. The van der Waals surface area contributed by atoms with E-state index in [0.717, 1.165) is 0 Å². The lowest BCUT2D eigenvalue weighted by atomic mass is 10.0. The molecule has 2 aromatic carbocycles. The first-order valence-corrected chi connectivity index (χ1v) is 10.6.